The average molecular weight is 219 g/mol. The van der Waals surface area contributed by atoms with Gasteiger partial charge >= 0.3 is 0 Å². The molecule has 0 aliphatic carbocycles. The molecule has 0 radical (unpaired) electrons. The van der Waals surface area contributed by atoms with Crippen molar-refractivity contribution in [3.05, 3.63) is 29.3 Å². The summed E-state index contributed by atoms with van der Waals surface area (Å²) in [5, 5.41) is 9.00. The van der Waals surface area contributed by atoms with Gasteiger partial charge in [0.15, 0.2) is 0 Å². The third kappa shape index (κ3) is 3.28. The molecule has 0 fully saturated rings. The summed E-state index contributed by atoms with van der Waals surface area (Å²) in [7, 11) is 0. The third-order valence-corrected chi connectivity index (χ3v) is 4.11. The summed E-state index contributed by atoms with van der Waals surface area (Å²) in [5.74, 6) is 1.80. The van der Waals surface area contributed by atoms with Crippen LogP contribution in [0.3, 0.4) is 0 Å². The lowest BCUT2D eigenvalue weighted by atomic mass is 10.1. The van der Waals surface area contributed by atoms with Crippen LogP contribution >= 0.6 is 11.8 Å². The van der Waals surface area contributed by atoms with Crippen LogP contribution in [0, 0.1) is 24.2 Å². The molecule has 0 aliphatic heterocycles. The van der Waals surface area contributed by atoms with E-state index in [1.807, 2.05) is 23.9 Å². The summed E-state index contributed by atoms with van der Waals surface area (Å²) in [6.45, 7) is 6.52. The number of thioether (sulfide) groups is 1. The van der Waals surface area contributed by atoms with Gasteiger partial charge in [0.1, 0.15) is 6.07 Å². The van der Waals surface area contributed by atoms with Gasteiger partial charge in [-0.1, -0.05) is 32.4 Å². The molecule has 1 rings (SSSR count). The molecule has 0 aliphatic rings. The first-order valence-corrected chi connectivity index (χ1v) is 6.30. The Morgan fingerprint density at radius 1 is 1.47 bits per heavy atom. The zero-order valence-corrected chi connectivity index (χ0v) is 10.4. The van der Waals surface area contributed by atoms with E-state index in [1.165, 1.54) is 12.0 Å². The van der Waals surface area contributed by atoms with E-state index in [0.717, 1.165) is 16.2 Å². The molecule has 0 bridgehead atoms. The van der Waals surface area contributed by atoms with Crippen molar-refractivity contribution in [2.75, 3.05) is 5.75 Å². The SMILES string of the molecule is CCC(C)CSc1c(C)cccc1C#N. The van der Waals surface area contributed by atoms with E-state index >= 15 is 0 Å². The van der Waals surface area contributed by atoms with Crippen LogP contribution in [0.1, 0.15) is 31.4 Å². The van der Waals surface area contributed by atoms with Crippen molar-refractivity contribution in [1.29, 1.82) is 5.26 Å². The Balaban J connectivity index is 2.80. The lowest BCUT2D eigenvalue weighted by Gasteiger charge is -2.10. The van der Waals surface area contributed by atoms with Crippen molar-refractivity contribution in [3.63, 3.8) is 0 Å². The molecule has 0 saturated heterocycles. The average Bonchev–Trinajstić information content (AvgIpc) is 2.26. The maximum absolute atomic E-state index is 9.00. The van der Waals surface area contributed by atoms with Gasteiger partial charge in [-0.25, -0.2) is 0 Å². The largest absolute Gasteiger partial charge is 0.192 e. The van der Waals surface area contributed by atoms with Crippen molar-refractivity contribution in [1.82, 2.24) is 0 Å². The highest BCUT2D eigenvalue weighted by molar-refractivity contribution is 7.99. The van der Waals surface area contributed by atoms with Crippen molar-refractivity contribution in [2.24, 2.45) is 5.92 Å². The van der Waals surface area contributed by atoms with Gasteiger partial charge in [-0.2, -0.15) is 5.26 Å². The molecule has 1 aromatic rings. The maximum Gasteiger partial charge on any atom is 0.100 e. The molecular formula is C13H17NS. The summed E-state index contributed by atoms with van der Waals surface area (Å²) in [6.07, 6.45) is 1.20. The van der Waals surface area contributed by atoms with Crippen LogP contribution in [0.4, 0.5) is 0 Å². The van der Waals surface area contributed by atoms with Crippen LogP contribution in [0.15, 0.2) is 23.1 Å². The van der Waals surface area contributed by atoms with Gasteiger partial charge in [0.2, 0.25) is 0 Å². The molecule has 0 amide bonds. The van der Waals surface area contributed by atoms with Crippen molar-refractivity contribution >= 4 is 11.8 Å². The van der Waals surface area contributed by atoms with Crippen molar-refractivity contribution in [2.45, 2.75) is 32.1 Å². The fraction of sp³-hybridized carbons (Fsp3) is 0.462. The van der Waals surface area contributed by atoms with Crippen molar-refractivity contribution in [3.8, 4) is 6.07 Å². The zero-order valence-electron chi connectivity index (χ0n) is 9.58. The first-order chi connectivity index (χ1) is 7.19. The summed E-state index contributed by atoms with van der Waals surface area (Å²) in [5.41, 5.74) is 2.02. The molecule has 1 aromatic carbocycles. The highest BCUT2D eigenvalue weighted by atomic mass is 32.2. The Morgan fingerprint density at radius 3 is 2.80 bits per heavy atom. The van der Waals surface area contributed by atoms with E-state index in [4.69, 9.17) is 5.26 Å². The predicted octanol–water partition coefficient (Wildman–Crippen LogP) is 4.00. The topological polar surface area (TPSA) is 23.8 Å². The maximum atomic E-state index is 9.00. The summed E-state index contributed by atoms with van der Waals surface area (Å²) < 4.78 is 0. The van der Waals surface area contributed by atoms with E-state index < -0.39 is 0 Å². The summed E-state index contributed by atoms with van der Waals surface area (Å²) in [6, 6.07) is 8.17. The van der Waals surface area contributed by atoms with Crippen LogP contribution in [-0.2, 0) is 0 Å². The van der Waals surface area contributed by atoms with Gasteiger partial charge < -0.3 is 0 Å². The quantitative estimate of drug-likeness (QED) is 0.714. The smallest absolute Gasteiger partial charge is 0.100 e. The third-order valence-electron chi connectivity index (χ3n) is 2.54. The van der Waals surface area contributed by atoms with Crippen LogP contribution in [0.25, 0.3) is 0 Å². The molecule has 0 N–H and O–H groups in total. The molecule has 0 spiro atoms. The van der Waals surface area contributed by atoms with Gasteiger partial charge in [0, 0.05) is 10.6 Å². The summed E-state index contributed by atoms with van der Waals surface area (Å²) >= 11 is 1.81. The van der Waals surface area contributed by atoms with Gasteiger partial charge in [-0.05, 0) is 24.5 Å². The monoisotopic (exact) mass is 219 g/mol. The first-order valence-electron chi connectivity index (χ1n) is 5.31. The second-order valence-corrected chi connectivity index (χ2v) is 4.92. The Kier molecular flexibility index (Phi) is 4.71. The van der Waals surface area contributed by atoms with Crippen LogP contribution in [0.5, 0.6) is 0 Å². The lowest BCUT2D eigenvalue weighted by molar-refractivity contribution is 0.637. The molecule has 1 nitrogen and oxygen atoms in total. The van der Waals surface area contributed by atoms with Crippen LogP contribution in [0.2, 0.25) is 0 Å². The van der Waals surface area contributed by atoms with E-state index in [-0.39, 0.29) is 0 Å². The Morgan fingerprint density at radius 2 is 2.20 bits per heavy atom. The minimum absolute atomic E-state index is 0.709. The number of nitrogens with zero attached hydrogens (tertiary/aromatic N) is 1. The highest BCUT2D eigenvalue weighted by Crippen LogP contribution is 2.28. The number of aryl methyl sites for hydroxylation is 1. The minimum Gasteiger partial charge on any atom is -0.192 e. The standard InChI is InChI=1S/C13H17NS/c1-4-10(2)9-15-13-11(3)6-5-7-12(13)8-14/h5-7,10H,4,9H2,1-3H3. The lowest BCUT2D eigenvalue weighted by Crippen LogP contribution is -1.96. The van der Waals surface area contributed by atoms with Gasteiger partial charge in [-0.15, -0.1) is 11.8 Å². The molecule has 0 heterocycles. The highest BCUT2D eigenvalue weighted by Gasteiger charge is 2.07. The van der Waals surface area contributed by atoms with Crippen molar-refractivity contribution < 1.29 is 0 Å². The molecule has 2 heteroatoms. The number of rotatable bonds is 4. The number of nitriles is 1. The van der Waals surface area contributed by atoms with Gasteiger partial charge in [0.25, 0.3) is 0 Å². The fourth-order valence-electron chi connectivity index (χ4n) is 1.28. The Labute approximate surface area is 96.5 Å². The molecule has 0 aromatic heterocycles. The first kappa shape index (κ1) is 12.1. The van der Waals surface area contributed by atoms with E-state index in [2.05, 4.69) is 32.9 Å². The normalized spacial score (nSPS) is 12.1. The predicted molar refractivity (Wildman–Crippen MR) is 66.1 cm³/mol. The van der Waals surface area contributed by atoms with Crippen LogP contribution < -0.4 is 0 Å². The zero-order chi connectivity index (χ0) is 11.3. The number of benzene rings is 1. The number of hydrogen-bond donors (Lipinski definition) is 0. The summed E-state index contributed by atoms with van der Waals surface area (Å²) in [4.78, 5) is 1.15. The molecule has 0 saturated carbocycles. The van der Waals surface area contributed by atoms with E-state index in [9.17, 15) is 0 Å². The Hall–Kier alpha value is -0.940. The molecule has 1 atom stereocenters. The second-order valence-electron chi connectivity index (χ2n) is 3.89. The Bertz CT molecular complexity index is 365. The number of hydrogen-bond acceptors (Lipinski definition) is 2. The van der Waals surface area contributed by atoms with E-state index in [1.54, 1.807) is 0 Å². The fourth-order valence-corrected chi connectivity index (χ4v) is 2.53. The molecule has 1 unspecified atom stereocenters. The van der Waals surface area contributed by atoms with Crippen LogP contribution in [-0.4, -0.2) is 5.75 Å². The molecule has 15 heavy (non-hydrogen) atoms. The minimum atomic E-state index is 0.709. The second kappa shape index (κ2) is 5.82. The van der Waals surface area contributed by atoms with Gasteiger partial charge in [0.05, 0.1) is 5.56 Å². The van der Waals surface area contributed by atoms with Gasteiger partial charge in [-0.3, -0.25) is 0 Å². The van der Waals surface area contributed by atoms with E-state index in [0.29, 0.717) is 5.92 Å². The molecular weight excluding hydrogens is 202 g/mol. The molecule has 80 valence electrons.